The molecule has 1 aromatic carbocycles. The van der Waals surface area contributed by atoms with Gasteiger partial charge in [-0.25, -0.2) is 4.79 Å². The quantitative estimate of drug-likeness (QED) is 0.888. The van der Waals surface area contributed by atoms with Crippen molar-refractivity contribution < 1.29 is 9.21 Å². The number of hydrogen-bond acceptors (Lipinski definition) is 3. The molecular formula is C16H21N3O2. The Hall–Kier alpha value is -2.27. The second kappa shape index (κ2) is 6.95. The molecule has 0 bridgehead atoms. The maximum atomic E-state index is 11.9. The van der Waals surface area contributed by atoms with Crippen molar-refractivity contribution in [3.05, 3.63) is 54.0 Å². The van der Waals surface area contributed by atoms with Crippen molar-refractivity contribution in [3.63, 3.8) is 0 Å². The van der Waals surface area contributed by atoms with Gasteiger partial charge in [-0.05, 0) is 45.3 Å². The summed E-state index contributed by atoms with van der Waals surface area (Å²) in [5, 5.41) is 5.67. The minimum atomic E-state index is -0.225. The number of urea groups is 1. The van der Waals surface area contributed by atoms with Crippen LogP contribution in [0.3, 0.4) is 0 Å². The monoisotopic (exact) mass is 287 g/mol. The van der Waals surface area contributed by atoms with Crippen LogP contribution in [0.1, 0.15) is 17.4 Å². The summed E-state index contributed by atoms with van der Waals surface area (Å²) in [5.74, 6) is 0.829. The van der Waals surface area contributed by atoms with E-state index in [4.69, 9.17) is 4.42 Å². The molecule has 0 spiro atoms. The number of nitrogens with zero attached hydrogens (tertiary/aromatic N) is 1. The first kappa shape index (κ1) is 15.1. The largest absolute Gasteiger partial charge is 0.468 e. The highest BCUT2D eigenvalue weighted by atomic mass is 16.3. The molecule has 0 saturated heterocycles. The number of furan rings is 1. The van der Waals surface area contributed by atoms with Gasteiger partial charge in [0.2, 0.25) is 0 Å². The van der Waals surface area contributed by atoms with Crippen molar-refractivity contribution in [1.82, 2.24) is 10.2 Å². The van der Waals surface area contributed by atoms with Crippen LogP contribution in [0.25, 0.3) is 0 Å². The Morgan fingerprint density at radius 1 is 1.24 bits per heavy atom. The van der Waals surface area contributed by atoms with Crippen molar-refractivity contribution in [2.24, 2.45) is 0 Å². The Morgan fingerprint density at radius 2 is 1.95 bits per heavy atom. The molecule has 1 aromatic heterocycles. The van der Waals surface area contributed by atoms with Gasteiger partial charge < -0.3 is 15.1 Å². The number of amides is 2. The SMILES string of the molecule is Cc1ccc(NC(=O)NC[C@@H](c2ccco2)N(C)C)cc1. The predicted molar refractivity (Wildman–Crippen MR) is 83.3 cm³/mol. The molecule has 0 aliphatic heterocycles. The van der Waals surface area contributed by atoms with Crippen LogP contribution in [0.2, 0.25) is 0 Å². The molecule has 0 aliphatic rings. The zero-order valence-electron chi connectivity index (χ0n) is 12.6. The molecule has 0 radical (unpaired) electrons. The molecule has 0 aliphatic carbocycles. The van der Waals surface area contributed by atoms with Crippen molar-refractivity contribution >= 4 is 11.7 Å². The predicted octanol–water partition coefficient (Wildman–Crippen LogP) is 3.01. The lowest BCUT2D eigenvalue weighted by atomic mass is 10.2. The van der Waals surface area contributed by atoms with Crippen LogP contribution in [0.15, 0.2) is 47.1 Å². The highest BCUT2D eigenvalue weighted by Crippen LogP contribution is 2.17. The Kier molecular flexibility index (Phi) is 5.00. The summed E-state index contributed by atoms with van der Waals surface area (Å²) in [6, 6.07) is 11.2. The molecule has 2 aromatic rings. The van der Waals surface area contributed by atoms with Gasteiger partial charge in [-0.2, -0.15) is 0 Å². The van der Waals surface area contributed by atoms with Crippen molar-refractivity contribution in [3.8, 4) is 0 Å². The Morgan fingerprint density at radius 3 is 2.52 bits per heavy atom. The molecule has 1 atom stereocenters. The van der Waals surface area contributed by atoms with Gasteiger partial charge in [0.05, 0.1) is 12.3 Å². The molecule has 2 N–H and O–H groups in total. The lowest BCUT2D eigenvalue weighted by Gasteiger charge is -2.22. The standard InChI is InChI=1S/C16H21N3O2/c1-12-6-8-13(9-7-12)18-16(20)17-11-14(19(2)3)15-5-4-10-21-15/h4-10,14H,11H2,1-3H3,(H2,17,18,20)/t14-/m0/s1. The maximum absolute atomic E-state index is 11.9. The molecule has 0 unspecified atom stereocenters. The van der Waals surface area contributed by atoms with Crippen LogP contribution in [-0.4, -0.2) is 31.6 Å². The smallest absolute Gasteiger partial charge is 0.319 e. The fourth-order valence-electron chi connectivity index (χ4n) is 2.02. The third kappa shape index (κ3) is 4.36. The molecule has 5 heteroatoms. The van der Waals surface area contributed by atoms with Gasteiger partial charge >= 0.3 is 6.03 Å². The normalized spacial score (nSPS) is 12.2. The van der Waals surface area contributed by atoms with Gasteiger partial charge in [0.25, 0.3) is 0 Å². The topological polar surface area (TPSA) is 57.5 Å². The number of anilines is 1. The Labute approximate surface area is 124 Å². The second-order valence-electron chi connectivity index (χ2n) is 5.20. The van der Waals surface area contributed by atoms with Crippen LogP contribution in [-0.2, 0) is 0 Å². The average molecular weight is 287 g/mol. The van der Waals surface area contributed by atoms with Crippen LogP contribution in [0.5, 0.6) is 0 Å². The number of carbonyl (C=O) groups is 1. The van der Waals surface area contributed by atoms with Crippen molar-refractivity contribution in [2.75, 3.05) is 26.0 Å². The average Bonchev–Trinajstić information content (AvgIpc) is 2.95. The van der Waals surface area contributed by atoms with Gasteiger partial charge in [0.15, 0.2) is 0 Å². The highest BCUT2D eigenvalue weighted by molar-refractivity contribution is 5.89. The van der Waals surface area contributed by atoms with Crippen LogP contribution in [0.4, 0.5) is 10.5 Å². The van der Waals surface area contributed by atoms with E-state index < -0.39 is 0 Å². The van der Waals surface area contributed by atoms with Crippen molar-refractivity contribution in [2.45, 2.75) is 13.0 Å². The molecule has 0 saturated carbocycles. The summed E-state index contributed by atoms with van der Waals surface area (Å²) in [5.41, 5.74) is 1.93. The molecule has 5 nitrogen and oxygen atoms in total. The van der Waals surface area contributed by atoms with E-state index >= 15 is 0 Å². The van der Waals surface area contributed by atoms with E-state index in [2.05, 4.69) is 10.6 Å². The first-order valence-electron chi connectivity index (χ1n) is 6.87. The van der Waals surface area contributed by atoms with Gasteiger partial charge in [-0.3, -0.25) is 4.90 Å². The van der Waals surface area contributed by atoms with E-state index in [9.17, 15) is 4.79 Å². The van der Waals surface area contributed by atoms with Crippen LogP contribution >= 0.6 is 0 Å². The summed E-state index contributed by atoms with van der Waals surface area (Å²) in [6.45, 7) is 2.48. The summed E-state index contributed by atoms with van der Waals surface area (Å²) in [4.78, 5) is 13.9. The highest BCUT2D eigenvalue weighted by Gasteiger charge is 2.17. The lowest BCUT2D eigenvalue weighted by molar-refractivity contribution is 0.233. The van der Waals surface area contributed by atoms with Crippen LogP contribution in [0, 0.1) is 6.92 Å². The molecule has 2 amide bonds. The first-order chi connectivity index (χ1) is 10.1. The van der Waals surface area contributed by atoms with E-state index in [1.807, 2.05) is 62.3 Å². The zero-order chi connectivity index (χ0) is 15.2. The molecule has 112 valence electrons. The minimum Gasteiger partial charge on any atom is -0.468 e. The number of carbonyl (C=O) groups excluding carboxylic acids is 1. The third-order valence-electron chi connectivity index (χ3n) is 3.26. The van der Waals surface area contributed by atoms with Gasteiger partial charge in [0.1, 0.15) is 5.76 Å². The third-order valence-corrected chi connectivity index (χ3v) is 3.26. The van der Waals surface area contributed by atoms with Gasteiger partial charge in [-0.15, -0.1) is 0 Å². The number of rotatable bonds is 5. The summed E-state index contributed by atoms with van der Waals surface area (Å²) >= 11 is 0. The maximum Gasteiger partial charge on any atom is 0.319 e. The molecular weight excluding hydrogens is 266 g/mol. The van der Waals surface area contributed by atoms with Gasteiger partial charge in [-0.1, -0.05) is 17.7 Å². The fourth-order valence-corrected chi connectivity index (χ4v) is 2.02. The number of aryl methyl sites for hydroxylation is 1. The van der Waals surface area contributed by atoms with Crippen LogP contribution < -0.4 is 10.6 Å². The second-order valence-corrected chi connectivity index (χ2v) is 5.20. The van der Waals surface area contributed by atoms with E-state index in [-0.39, 0.29) is 12.1 Å². The van der Waals surface area contributed by atoms with Crippen molar-refractivity contribution in [1.29, 1.82) is 0 Å². The van der Waals surface area contributed by atoms with E-state index in [1.54, 1.807) is 6.26 Å². The summed E-state index contributed by atoms with van der Waals surface area (Å²) < 4.78 is 5.41. The van der Waals surface area contributed by atoms with E-state index in [1.165, 1.54) is 0 Å². The number of nitrogens with one attached hydrogen (secondary N) is 2. The first-order valence-corrected chi connectivity index (χ1v) is 6.87. The summed E-state index contributed by atoms with van der Waals surface area (Å²) in [6.07, 6.45) is 1.64. The van der Waals surface area contributed by atoms with E-state index in [0.717, 1.165) is 17.0 Å². The molecule has 2 rings (SSSR count). The number of likely N-dealkylation sites (N-methyl/N-ethyl adjacent to an activating group) is 1. The fraction of sp³-hybridized carbons (Fsp3) is 0.312. The Bertz CT molecular complexity index is 562. The number of benzene rings is 1. The number of hydrogen-bond donors (Lipinski definition) is 2. The minimum absolute atomic E-state index is 0.00349. The molecule has 1 heterocycles. The molecule has 21 heavy (non-hydrogen) atoms. The van der Waals surface area contributed by atoms with E-state index in [0.29, 0.717) is 6.54 Å². The molecule has 0 fully saturated rings. The lowest BCUT2D eigenvalue weighted by Crippen LogP contribution is -2.36. The zero-order valence-corrected chi connectivity index (χ0v) is 12.6. The Balaban J connectivity index is 1.89. The van der Waals surface area contributed by atoms with Gasteiger partial charge in [0, 0.05) is 12.2 Å². The summed E-state index contributed by atoms with van der Waals surface area (Å²) in [7, 11) is 3.90.